The van der Waals surface area contributed by atoms with Crippen LogP contribution in [0.5, 0.6) is 0 Å². The van der Waals surface area contributed by atoms with Crippen molar-refractivity contribution in [2.24, 2.45) is 0 Å². The molecule has 2 N–H and O–H groups in total. The number of hydrogen-bond acceptors (Lipinski definition) is 7. The summed E-state index contributed by atoms with van der Waals surface area (Å²) in [5.74, 6) is -1.41. The standard InChI is InChI=1S/C20H26N4O6/c1-12-13(8-19(27)30-12)22-17(25)10-24-16-7-5-4-6-15(16)23(18(26)11-29-3)9-14(21-2)20(24)28/h4-7,12-14,21H,8-11H2,1-3H3,(H,22,25)/t12?,13-,14-/m0/s1. The number of fused-ring (bicyclic) bond motifs is 1. The second kappa shape index (κ2) is 9.23. The second-order valence-electron chi connectivity index (χ2n) is 7.26. The van der Waals surface area contributed by atoms with Gasteiger partial charge in [0, 0.05) is 7.11 Å². The summed E-state index contributed by atoms with van der Waals surface area (Å²) in [6.45, 7) is 1.43. The van der Waals surface area contributed by atoms with E-state index in [0.717, 1.165) is 0 Å². The molecule has 3 rings (SSSR count). The largest absolute Gasteiger partial charge is 0.460 e. The first-order valence-electron chi connectivity index (χ1n) is 9.71. The Morgan fingerprint density at radius 2 is 1.93 bits per heavy atom. The normalized spacial score (nSPS) is 23.6. The highest BCUT2D eigenvalue weighted by atomic mass is 16.6. The average Bonchev–Trinajstić information content (AvgIpc) is 2.97. The van der Waals surface area contributed by atoms with Crippen LogP contribution in [0.3, 0.4) is 0 Å². The molecule has 1 fully saturated rings. The van der Waals surface area contributed by atoms with Gasteiger partial charge in [0.15, 0.2) is 0 Å². The van der Waals surface area contributed by atoms with Gasteiger partial charge in [-0.2, -0.15) is 0 Å². The van der Waals surface area contributed by atoms with Gasteiger partial charge in [-0.05, 0) is 26.1 Å². The molecule has 0 aromatic heterocycles. The molecule has 1 aromatic rings. The zero-order chi connectivity index (χ0) is 21.8. The van der Waals surface area contributed by atoms with E-state index < -0.39 is 24.1 Å². The van der Waals surface area contributed by atoms with Crippen molar-refractivity contribution in [2.45, 2.75) is 31.5 Å². The SMILES string of the molecule is CN[C@H]1CN(C(=O)COC)c2ccccc2N(CC(=O)N[C@H]2CC(=O)OC2C)C1=O. The van der Waals surface area contributed by atoms with Crippen LogP contribution in [-0.2, 0) is 28.7 Å². The number of hydrogen-bond donors (Lipinski definition) is 2. The second-order valence-corrected chi connectivity index (χ2v) is 7.26. The van der Waals surface area contributed by atoms with Gasteiger partial charge in [0.25, 0.3) is 5.91 Å². The highest BCUT2D eigenvalue weighted by molar-refractivity contribution is 6.09. The van der Waals surface area contributed by atoms with E-state index in [4.69, 9.17) is 9.47 Å². The van der Waals surface area contributed by atoms with Gasteiger partial charge in [0.1, 0.15) is 25.3 Å². The zero-order valence-electron chi connectivity index (χ0n) is 17.2. The molecule has 1 aromatic carbocycles. The number of esters is 1. The predicted octanol–water partition coefficient (Wildman–Crippen LogP) is -0.579. The lowest BCUT2D eigenvalue weighted by Crippen LogP contribution is -2.53. The molecule has 0 saturated carbocycles. The van der Waals surface area contributed by atoms with E-state index in [9.17, 15) is 19.2 Å². The highest BCUT2D eigenvalue weighted by Gasteiger charge is 2.37. The Kier molecular flexibility index (Phi) is 6.68. The lowest BCUT2D eigenvalue weighted by molar-refractivity contribution is -0.141. The zero-order valence-corrected chi connectivity index (χ0v) is 17.2. The molecule has 2 aliphatic rings. The number of benzene rings is 1. The van der Waals surface area contributed by atoms with E-state index in [0.29, 0.717) is 11.4 Å². The number of carbonyl (C=O) groups excluding carboxylic acids is 4. The molecule has 162 valence electrons. The lowest BCUT2D eigenvalue weighted by Gasteiger charge is -2.25. The quantitative estimate of drug-likeness (QED) is 0.594. The minimum absolute atomic E-state index is 0.0931. The molecular formula is C20H26N4O6. The molecule has 0 aliphatic carbocycles. The molecular weight excluding hydrogens is 392 g/mol. The summed E-state index contributed by atoms with van der Waals surface area (Å²) >= 11 is 0. The number of ether oxygens (including phenoxy) is 2. The molecule has 2 heterocycles. The third-order valence-corrected chi connectivity index (χ3v) is 5.23. The van der Waals surface area contributed by atoms with Crippen LogP contribution >= 0.6 is 0 Å². The number of likely N-dealkylation sites (N-methyl/N-ethyl adjacent to an activating group) is 1. The predicted molar refractivity (Wildman–Crippen MR) is 108 cm³/mol. The van der Waals surface area contributed by atoms with E-state index in [1.54, 1.807) is 38.2 Å². The first kappa shape index (κ1) is 21.7. The van der Waals surface area contributed by atoms with Gasteiger partial charge in [-0.1, -0.05) is 12.1 Å². The van der Waals surface area contributed by atoms with Gasteiger partial charge in [0.05, 0.1) is 30.4 Å². The number of nitrogens with zero attached hydrogens (tertiary/aromatic N) is 2. The van der Waals surface area contributed by atoms with Gasteiger partial charge >= 0.3 is 5.97 Å². The average molecular weight is 418 g/mol. The van der Waals surface area contributed by atoms with Crippen molar-refractivity contribution in [3.05, 3.63) is 24.3 Å². The number of amides is 3. The molecule has 0 spiro atoms. The van der Waals surface area contributed by atoms with Crippen molar-refractivity contribution < 1.29 is 28.7 Å². The van der Waals surface area contributed by atoms with Crippen LogP contribution in [-0.4, -0.2) is 75.7 Å². The van der Waals surface area contributed by atoms with Crippen molar-refractivity contribution >= 4 is 35.1 Å². The Labute approximate surface area is 174 Å². The summed E-state index contributed by atoms with van der Waals surface area (Å²) in [6.07, 6.45) is -0.337. The topological polar surface area (TPSA) is 117 Å². The minimum atomic E-state index is -0.707. The van der Waals surface area contributed by atoms with Crippen LogP contribution in [0.2, 0.25) is 0 Å². The first-order chi connectivity index (χ1) is 14.3. The summed E-state index contributed by atoms with van der Waals surface area (Å²) in [5.41, 5.74) is 0.970. The van der Waals surface area contributed by atoms with Crippen LogP contribution in [0.25, 0.3) is 0 Å². The summed E-state index contributed by atoms with van der Waals surface area (Å²) in [5, 5.41) is 5.69. The molecule has 0 bridgehead atoms. The Morgan fingerprint density at radius 3 is 2.53 bits per heavy atom. The molecule has 3 atom stereocenters. The molecule has 30 heavy (non-hydrogen) atoms. The fourth-order valence-electron chi connectivity index (χ4n) is 3.65. The van der Waals surface area contributed by atoms with E-state index >= 15 is 0 Å². The third-order valence-electron chi connectivity index (χ3n) is 5.23. The minimum Gasteiger partial charge on any atom is -0.460 e. The molecule has 3 amide bonds. The van der Waals surface area contributed by atoms with Crippen LogP contribution in [0, 0.1) is 0 Å². The van der Waals surface area contributed by atoms with Crippen LogP contribution in [0.4, 0.5) is 11.4 Å². The molecule has 0 radical (unpaired) electrons. The van der Waals surface area contributed by atoms with Gasteiger partial charge in [0.2, 0.25) is 11.8 Å². The molecule has 1 saturated heterocycles. The van der Waals surface area contributed by atoms with Crippen molar-refractivity contribution in [1.29, 1.82) is 0 Å². The highest BCUT2D eigenvalue weighted by Crippen LogP contribution is 2.32. The number of nitrogens with one attached hydrogen (secondary N) is 2. The van der Waals surface area contributed by atoms with E-state index in [-0.39, 0.29) is 43.9 Å². The number of anilines is 2. The van der Waals surface area contributed by atoms with E-state index in [2.05, 4.69) is 10.6 Å². The summed E-state index contributed by atoms with van der Waals surface area (Å²) in [6, 6.07) is 5.77. The van der Waals surface area contributed by atoms with Crippen LogP contribution < -0.4 is 20.4 Å². The van der Waals surface area contributed by atoms with Crippen LogP contribution in [0.15, 0.2) is 24.3 Å². The Balaban J connectivity index is 1.88. The maximum atomic E-state index is 13.2. The van der Waals surface area contributed by atoms with Gasteiger partial charge in [-0.15, -0.1) is 0 Å². The van der Waals surface area contributed by atoms with Crippen molar-refractivity contribution in [2.75, 3.05) is 43.7 Å². The maximum Gasteiger partial charge on any atom is 0.308 e. The van der Waals surface area contributed by atoms with Crippen molar-refractivity contribution in [1.82, 2.24) is 10.6 Å². The molecule has 1 unspecified atom stereocenters. The monoisotopic (exact) mass is 418 g/mol. The summed E-state index contributed by atoms with van der Waals surface area (Å²) in [7, 11) is 3.05. The van der Waals surface area contributed by atoms with Crippen molar-refractivity contribution in [3.8, 4) is 0 Å². The molecule has 10 heteroatoms. The third kappa shape index (κ3) is 4.44. The number of rotatable bonds is 6. The fraction of sp³-hybridized carbons (Fsp3) is 0.500. The van der Waals surface area contributed by atoms with Crippen LogP contribution in [0.1, 0.15) is 13.3 Å². The fourth-order valence-corrected chi connectivity index (χ4v) is 3.65. The number of methoxy groups -OCH3 is 1. The van der Waals surface area contributed by atoms with Gasteiger partial charge in [-0.25, -0.2) is 0 Å². The Hall–Kier alpha value is -2.98. The number of para-hydroxylation sites is 2. The Morgan fingerprint density at radius 1 is 1.23 bits per heavy atom. The summed E-state index contributed by atoms with van der Waals surface area (Å²) in [4.78, 5) is 52.8. The summed E-state index contributed by atoms with van der Waals surface area (Å²) < 4.78 is 10.0. The molecule has 10 nitrogen and oxygen atoms in total. The van der Waals surface area contributed by atoms with Gasteiger partial charge in [-0.3, -0.25) is 24.1 Å². The van der Waals surface area contributed by atoms with Gasteiger partial charge < -0.3 is 25.0 Å². The van der Waals surface area contributed by atoms with Crippen molar-refractivity contribution in [3.63, 3.8) is 0 Å². The number of carbonyl (C=O) groups is 4. The number of cyclic esters (lactones) is 1. The Bertz CT molecular complexity index is 844. The smallest absolute Gasteiger partial charge is 0.308 e. The van der Waals surface area contributed by atoms with E-state index in [1.165, 1.54) is 16.9 Å². The van der Waals surface area contributed by atoms with E-state index in [1.807, 2.05) is 0 Å². The lowest BCUT2D eigenvalue weighted by atomic mass is 10.1. The first-order valence-corrected chi connectivity index (χ1v) is 9.71. The molecule has 2 aliphatic heterocycles. The maximum absolute atomic E-state index is 13.2.